The average Bonchev–Trinajstić information content (AvgIpc) is 3.26. The molecular weight excluding hydrogens is 386 g/mol. The number of hydrogen-bond donors (Lipinski definition) is 0. The van der Waals surface area contributed by atoms with Crippen molar-refractivity contribution in [1.29, 1.82) is 0 Å². The van der Waals surface area contributed by atoms with Crippen LogP contribution >= 0.6 is 11.3 Å². The van der Waals surface area contributed by atoms with Gasteiger partial charge < -0.3 is 9.64 Å². The molecule has 2 heterocycles. The molecule has 0 saturated heterocycles. The molecule has 0 radical (unpaired) electrons. The van der Waals surface area contributed by atoms with Gasteiger partial charge in [0, 0.05) is 19.1 Å². The molecule has 156 valence electrons. The fourth-order valence-electron chi connectivity index (χ4n) is 3.09. The number of amides is 1. The summed E-state index contributed by atoms with van der Waals surface area (Å²) in [5.74, 6) is 0.661. The van der Waals surface area contributed by atoms with Crippen molar-refractivity contribution in [3.8, 4) is 5.75 Å². The molecule has 2 aromatic heterocycles. The zero-order chi connectivity index (χ0) is 21.1. The van der Waals surface area contributed by atoms with Crippen LogP contribution < -0.4 is 9.64 Å². The maximum absolute atomic E-state index is 13.6. The van der Waals surface area contributed by atoms with Crippen molar-refractivity contribution in [3.05, 3.63) is 35.7 Å². The topological polar surface area (TPSA) is 63.5 Å². The molecule has 1 amide bonds. The van der Waals surface area contributed by atoms with Gasteiger partial charge in [0.2, 0.25) is 0 Å². The minimum absolute atomic E-state index is 0.0850. The summed E-state index contributed by atoms with van der Waals surface area (Å²) in [7, 11) is 3.99. The van der Waals surface area contributed by atoms with Crippen LogP contribution in [-0.2, 0) is 0 Å². The number of benzene rings is 1. The number of carbonyl (C=O) groups excluding carboxylic acids is 1. The van der Waals surface area contributed by atoms with Crippen LogP contribution in [0.1, 0.15) is 43.0 Å². The van der Waals surface area contributed by atoms with Gasteiger partial charge in [0.05, 0.1) is 17.0 Å². The van der Waals surface area contributed by atoms with E-state index in [0.717, 1.165) is 28.2 Å². The summed E-state index contributed by atoms with van der Waals surface area (Å²) < 4.78 is 8.52. The molecule has 0 N–H and O–H groups in total. The Morgan fingerprint density at radius 3 is 2.69 bits per heavy atom. The van der Waals surface area contributed by atoms with Crippen molar-refractivity contribution in [1.82, 2.24) is 19.7 Å². The van der Waals surface area contributed by atoms with Gasteiger partial charge in [0.25, 0.3) is 5.91 Å². The van der Waals surface area contributed by atoms with Crippen molar-refractivity contribution in [2.24, 2.45) is 0 Å². The quantitative estimate of drug-likeness (QED) is 0.557. The summed E-state index contributed by atoms with van der Waals surface area (Å²) in [4.78, 5) is 22.2. The van der Waals surface area contributed by atoms with E-state index in [2.05, 4.69) is 10.00 Å². The number of ether oxygens (including phenoxy) is 1. The lowest BCUT2D eigenvalue weighted by Gasteiger charge is -2.22. The van der Waals surface area contributed by atoms with Gasteiger partial charge in [0.15, 0.2) is 5.13 Å². The third kappa shape index (κ3) is 4.59. The van der Waals surface area contributed by atoms with Gasteiger partial charge >= 0.3 is 0 Å². The van der Waals surface area contributed by atoms with E-state index in [9.17, 15) is 4.79 Å². The number of anilines is 1. The Balaban J connectivity index is 2.05. The van der Waals surface area contributed by atoms with Crippen LogP contribution in [0.2, 0.25) is 0 Å². The highest BCUT2D eigenvalue weighted by Crippen LogP contribution is 2.35. The highest BCUT2D eigenvalue weighted by molar-refractivity contribution is 7.22. The van der Waals surface area contributed by atoms with Gasteiger partial charge in [-0.3, -0.25) is 14.4 Å². The van der Waals surface area contributed by atoms with Crippen LogP contribution in [0.5, 0.6) is 5.75 Å². The summed E-state index contributed by atoms with van der Waals surface area (Å²) in [5.41, 5.74) is 2.21. The van der Waals surface area contributed by atoms with Gasteiger partial charge in [-0.15, -0.1) is 0 Å². The normalized spacial score (nSPS) is 11.6. The summed E-state index contributed by atoms with van der Waals surface area (Å²) >= 11 is 1.51. The summed E-state index contributed by atoms with van der Waals surface area (Å²) in [6, 6.07) is 7.83. The molecule has 8 heteroatoms. The molecule has 3 aromatic rings. The molecular formula is C21H29N5O2S. The fourth-order valence-corrected chi connectivity index (χ4v) is 4.10. The Hall–Kier alpha value is -2.45. The Labute approximate surface area is 175 Å². The van der Waals surface area contributed by atoms with Crippen molar-refractivity contribution in [3.63, 3.8) is 0 Å². The van der Waals surface area contributed by atoms with Crippen molar-refractivity contribution in [2.45, 2.75) is 33.7 Å². The molecule has 29 heavy (non-hydrogen) atoms. The first kappa shape index (κ1) is 21.3. The Kier molecular flexibility index (Phi) is 6.54. The van der Waals surface area contributed by atoms with Gasteiger partial charge in [-0.1, -0.05) is 17.4 Å². The predicted molar refractivity (Wildman–Crippen MR) is 118 cm³/mol. The fraction of sp³-hybridized carbons (Fsp3) is 0.476. The first-order valence-corrected chi connectivity index (χ1v) is 10.7. The third-order valence-electron chi connectivity index (χ3n) is 4.48. The van der Waals surface area contributed by atoms with Crippen LogP contribution in [0.4, 0.5) is 5.13 Å². The molecule has 0 unspecified atom stereocenters. The van der Waals surface area contributed by atoms with Gasteiger partial charge in [-0.25, -0.2) is 4.98 Å². The third-order valence-corrected chi connectivity index (χ3v) is 5.53. The molecule has 3 rings (SSSR count). The second-order valence-corrected chi connectivity index (χ2v) is 8.51. The van der Waals surface area contributed by atoms with E-state index in [1.54, 1.807) is 9.58 Å². The molecule has 0 saturated carbocycles. The second-order valence-electron chi connectivity index (χ2n) is 7.50. The van der Waals surface area contributed by atoms with Gasteiger partial charge in [0.1, 0.15) is 17.0 Å². The number of carbonyl (C=O) groups is 1. The number of hydrogen-bond acceptors (Lipinski definition) is 6. The smallest absolute Gasteiger partial charge is 0.278 e. The number of rotatable bonds is 8. The molecule has 0 bridgehead atoms. The monoisotopic (exact) mass is 415 g/mol. The van der Waals surface area contributed by atoms with E-state index < -0.39 is 0 Å². The van der Waals surface area contributed by atoms with Crippen LogP contribution in [-0.4, -0.2) is 59.4 Å². The van der Waals surface area contributed by atoms with Crippen LogP contribution in [0, 0.1) is 6.92 Å². The maximum Gasteiger partial charge on any atom is 0.278 e. The zero-order valence-corrected chi connectivity index (χ0v) is 18.8. The number of para-hydroxylation sites is 1. The highest BCUT2D eigenvalue weighted by Gasteiger charge is 2.26. The number of likely N-dealkylation sites (N-methyl/N-ethyl adjacent to an activating group) is 1. The van der Waals surface area contributed by atoms with Gasteiger partial charge in [-0.2, -0.15) is 5.10 Å². The van der Waals surface area contributed by atoms with E-state index in [0.29, 0.717) is 24.0 Å². The van der Waals surface area contributed by atoms with Crippen LogP contribution in [0.3, 0.4) is 0 Å². The van der Waals surface area contributed by atoms with E-state index in [1.165, 1.54) is 11.3 Å². The molecule has 0 aliphatic rings. The van der Waals surface area contributed by atoms with Crippen molar-refractivity contribution >= 4 is 32.6 Å². The molecule has 0 aliphatic heterocycles. The van der Waals surface area contributed by atoms with E-state index in [4.69, 9.17) is 9.72 Å². The standard InChI is InChI=1S/C21H29N5O2S/c1-7-28-17-9-8-10-18-19(17)22-21(29-18)25(12-11-24(5)6)20(27)16-13-15(4)23-26(16)14(2)3/h8-10,13-14H,7,11-12H2,1-6H3. The summed E-state index contributed by atoms with van der Waals surface area (Å²) in [6.45, 7) is 9.76. The first-order chi connectivity index (χ1) is 13.8. The van der Waals surface area contributed by atoms with Crippen molar-refractivity contribution in [2.75, 3.05) is 38.7 Å². The van der Waals surface area contributed by atoms with Gasteiger partial charge in [-0.05, 0) is 60.0 Å². The number of fused-ring (bicyclic) bond motifs is 1. The van der Waals surface area contributed by atoms with E-state index in [-0.39, 0.29) is 11.9 Å². The SMILES string of the molecule is CCOc1cccc2sc(N(CCN(C)C)C(=O)c3cc(C)nn3C(C)C)nc12. The minimum Gasteiger partial charge on any atom is -0.492 e. The van der Waals surface area contributed by atoms with E-state index in [1.807, 2.05) is 66.1 Å². The lowest BCUT2D eigenvalue weighted by atomic mass is 10.3. The molecule has 0 atom stereocenters. The molecule has 1 aromatic carbocycles. The number of nitrogens with zero attached hydrogens (tertiary/aromatic N) is 5. The van der Waals surface area contributed by atoms with Crippen LogP contribution in [0.25, 0.3) is 10.2 Å². The number of thiazole rings is 1. The minimum atomic E-state index is -0.0850. The number of aryl methyl sites for hydroxylation is 1. The Morgan fingerprint density at radius 2 is 2.03 bits per heavy atom. The maximum atomic E-state index is 13.6. The first-order valence-electron chi connectivity index (χ1n) is 9.87. The second kappa shape index (κ2) is 8.92. The average molecular weight is 416 g/mol. The number of aromatic nitrogens is 3. The van der Waals surface area contributed by atoms with Crippen molar-refractivity contribution < 1.29 is 9.53 Å². The summed E-state index contributed by atoms with van der Waals surface area (Å²) in [5, 5.41) is 5.18. The highest BCUT2D eigenvalue weighted by atomic mass is 32.1. The Bertz CT molecular complexity index is 992. The molecule has 0 aliphatic carbocycles. The molecule has 0 spiro atoms. The largest absolute Gasteiger partial charge is 0.492 e. The molecule has 7 nitrogen and oxygen atoms in total. The zero-order valence-electron chi connectivity index (χ0n) is 18.0. The Morgan fingerprint density at radius 1 is 1.28 bits per heavy atom. The van der Waals surface area contributed by atoms with Crippen LogP contribution in [0.15, 0.2) is 24.3 Å². The predicted octanol–water partition coefficient (Wildman–Crippen LogP) is 3.99. The summed E-state index contributed by atoms with van der Waals surface area (Å²) in [6.07, 6.45) is 0. The van der Waals surface area contributed by atoms with E-state index >= 15 is 0 Å². The lowest BCUT2D eigenvalue weighted by Crippen LogP contribution is -2.38. The molecule has 0 fully saturated rings. The lowest BCUT2D eigenvalue weighted by molar-refractivity contribution is 0.0973.